The van der Waals surface area contributed by atoms with Crippen LogP contribution in [0.1, 0.15) is 52.9 Å². The highest BCUT2D eigenvalue weighted by Crippen LogP contribution is 2.39. The maximum Gasteiger partial charge on any atom is -0.00122 e. The van der Waals surface area contributed by atoms with Gasteiger partial charge in [-0.25, -0.2) is 0 Å². The SMILES string of the molecule is CC(C)(C)C1CCC(CNCC2CCSC2)CC1. The number of hydrogen-bond donors (Lipinski definition) is 1. The molecule has 2 aliphatic rings. The van der Waals surface area contributed by atoms with E-state index in [1.807, 2.05) is 0 Å². The average molecular weight is 269 g/mol. The van der Waals surface area contributed by atoms with E-state index in [-0.39, 0.29) is 0 Å². The van der Waals surface area contributed by atoms with Gasteiger partial charge in [-0.3, -0.25) is 0 Å². The van der Waals surface area contributed by atoms with E-state index in [9.17, 15) is 0 Å². The lowest BCUT2D eigenvalue weighted by molar-refractivity contribution is 0.148. The van der Waals surface area contributed by atoms with Crippen molar-refractivity contribution in [3.8, 4) is 0 Å². The first-order chi connectivity index (χ1) is 8.55. The van der Waals surface area contributed by atoms with Gasteiger partial charge in [-0.05, 0) is 79.9 Å². The second-order valence-corrected chi connectivity index (χ2v) is 8.62. The molecule has 1 unspecified atom stereocenters. The summed E-state index contributed by atoms with van der Waals surface area (Å²) in [5, 5.41) is 3.74. The lowest BCUT2D eigenvalue weighted by Crippen LogP contribution is -2.32. The molecule has 0 aromatic heterocycles. The minimum Gasteiger partial charge on any atom is -0.316 e. The van der Waals surface area contributed by atoms with Crippen LogP contribution in [-0.4, -0.2) is 24.6 Å². The van der Waals surface area contributed by atoms with Gasteiger partial charge in [-0.2, -0.15) is 11.8 Å². The van der Waals surface area contributed by atoms with Crippen molar-refractivity contribution < 1.29 is 0 Å². The van der Waals surface area contributed by atoms with Crippen molar-refractivity contribution in [3.63, 3.8) is 0 Å². The number of hydrogen-bond acceptors (Lipinski definition) is 2. The zero-order valence-electron chi connectivity index (χ0n) is 12.5. The predicted molar refractivity (Wildman–Crippen MR) is 83.2 cm³/mol. The van der Waals surface area contributed by atoms with Crippen molar-refractivity contribution in [2.24, 2.45) is 23.2 Å². The summed E-state index contributed by atoms with van der Waals surface area (Å²) < 4.78 is 0. The number of rotatable bonds is 4. The second-order valence-electron chi connectivity index (χ2n) is 7.47. The third-order valence-corrected chi connectivity index (χ3v) is 6.19. The Hall–Kier alpha value is 0.310. The summed E-state index contributed by atoms with van der Waals surface area (Å²) in [6.45, 7) is 9.78. The topological polar surface area (TPSA) is 12.0 Å². The summed E-state index contributed by atoms with van der Waals surface area (Å²) in [7, 11) is 0. The summed E-state index contributed by atoms with van der Waals surface area (Å²) in [5.74, 6) is 5.66. The third kappa shape index (κ3) is 4.45. The molecule has 0 radical (unpaired) electrons. The third-order valence-electron chi connectivity index (χ3n) is 4.96. The highest BCUT2D eigenvalue weighted by atomic mass is 32.2. The van der Waals surface area contributed by atoms with Gasteiger partial charge in [0, 0.05) is 0 Å². The van der Waals surface area contributed by atoms with Crippen LogP contribution in [-0.2, 0) is 0 Å². The molecule has 0 amide bonds. The number of nitrogens with one attached hydrogen (secondary N) is 1. The van der Waals surface area contributed by atoms with Crippen LogP contribution >= 0.6 is 11.8 Å². The van der Waals surface area contributed by atoms with Gasteiger partial charge < -0.3 is 5.32 Å². The Morgan fingerprint density at radius 1 is 0.944 bits per heavy atom. The minimum atomic E-state index is 0.527. The van der Waals surface area contributed by atoms with Crippen LogP contribution < -0.4 is 5.32 Å². The largest absolute Gasteiger partial charge is 0.316 e. The van der Waals surface area contributed by atoms with E-state index in [4.69, 9.17) is 0 Å². The molecular weight excluding hydrogens is 238 g/mol. The second kappa shape index (κ2) is 6.65. The molecule has 1 nitrogen and oxygen atoms in total. The molecule has 0 spiro atoms. The molecule has 2 rings (SSSR count). The van der Waals surface area contributed by atoms with Crippen LogP contribution in [0.3, 0.4) is 0 Å². The number of thioether (sulfide) groups is 1. The van der Waals surface area contributed by atoms with Crippen LogP contribution in [0.2, 0.25) is 0 Å². The van der Waals surface area contributed by atoms with E-state index in [0.717, 1.165) is 17.8 Å². The van der Waals surface area contributed by atoms with Gasteiger partial charge in [0.25, 0.3) is 0 Å². The first-order valence-electron chi connectivity index (χ1n) is 7.84. The maximum absolute atomic E-state index is 3.74. The summed E-state index contributed by atoms with van der Waals surface area (Å²) in [6.07, 6.45) is 7.25. The summed E-state index contributed by atoms with van der Waals surface area (Å²) in [4.78, 5) is 0. The molecule has 1 atom stereocenters. The normalized spacial score (nSPS) is 33.8. The van der Waals surface area contributed by atoms with Gasteiger partial charge in [0.2, 0.25) is 0 Å². The Kier molecular flexibility index (Phi) is 5.44. The molecular formula is C16H31NS. The molecule has 1 N–H and O–H groups in total. The van der Waals surface area contributed by atoms with Gasteiger partial charge >= 0.3 is 0 Å². The summed E-state index contributed by atoms with van der Waals surface area (Å²) in [6, 6.07) is 0. The summed E-state index contributed by atoms with van der Waals surface area (Å²) >= 11 is 2.13. The van der Waals surface area contributed by atoms with E-state index in [2.05, 4.69) is 37.8 Å². The molecule has 18 heavy (non-hydrogen) atoms. The molecule has 0 aromatic rings. The van der Waals surface area contributed by atoms with Crippen molar-refractivity contribution in [1.82, 2.24) is 5.32 Å². The quantitative estimate of drug-likeness (QED) is 0.821. The molecule has 1 saturated heterocycles. The Bertz CT molecular complexity index is 232. The molecule has 0 bridgehead atoms. The van der Waals surface area contributed by atoms with Crippen LogP contribution in [0.15, 0.2) is 0 Å². The molecule has 2 heteroatoms. The van der Waals surface area contributed by atoms with Gasteiger partial charge in [0.1, 0.15) is 0 Å². The molecule has 1 heterocycles. The van der Waals surface area contributed by atoms with E-state index < -0.39 is 0 Å². The van der Waals surface area contributed by atoms with Crippen LogP contribution in [0.5, 0.6) is 0 Å². The highest BCUT2D eigenvalue weighted by Gasteiger charge is 2.29. The van der Waals surface area contributed by atoms with Crippen molar-refractivity contribution >= 4 is 11.8 Å². The first-order valence-corrected chi connectivity index (χ1v) is 8.99. The van der Waals surface area contributed by atoms with Crippen LogP contribution in [0.25, 0.3) is 0 Å². The average Bonchev–Trinajstić information content (AvgIpc) is 2.82. The fourth-order valence-corrected chi connectivity index (χ4v) is 4.75. The Morgan fingerprint density at radius 3 is 2.17 bits per heavy atom. The zero-order chi connectivity index (χ0) is 13.0. The van der Waals surface area contributed by atoms with E-state index in [1.165, 1.54) is 56.7 Å². The standard InChI is InChI=1S/C16H31NS/c1-16(2,3)15-6-4-13(5-7-15)10-17-11-14-8-9-18-12-14/h13-15,17H,4-12H2,1-3H3. The van der Waals surface area contributed by atoms with Crippen molar-refractivity contribution in [2.75, 3.05) is 24.6 Å². The van der Waals surface area contributed by atoms with Crippen molar-refractivity contribution in [3.05, 3.63) is 0 Å². The molecule has 1 aliphatic carbocycles. The molecule has 1 aliphatic heterocycles. The Balaban J connectivity index is 1.58. The molecule has 0 aromatic carbocycles. The minimum absolute atomic E-state index is 0.527. The summed E-state index contributed by atoms with van der Waals surface area (Å²) in [5.41, 5.74) is 0.527. The van der Waals surface area contributed by atoms with Gasteiger partial charge in [0.15, 0.2) is 0 Å². The fourth-order valence-electron chi connectivity index (χ4n) is 3.47. The van der Waals surface area contributed by atoms with Crippen molar-refractivity contribution in [2.45, 2.75) is 52.9 Å². The predicted octanol–water partition coefficient (Wildman–Crippen LogP) is 4.18. The Labute approximate surface area is 118 Å². The van der Waals surface area contributed by atoms with Crippen LogP contribution in [0, 0.1) is 23.2 Å². The van der Waals surface area contributed by atoms with E-state index >= 15 is 0 Å². The van der Waals surface area contributed by atoms with E-state index in [1.54, 1.807) is 0 Å². The van der Waals surface area contributed by atoms with E-state index in [0.29, 0.717) is 5.41 Å². The Morgan fingerprint density at radius 2 is 1.61 bits per heavy atom. The fraction of sp³-hybridized carbons (Fsp3) is 1.00. The van der Waals surface area contributed by atoms with Gasteiger partial charge in [-0.15, -0.1) is 0 Å². The first kappa shape index (κ1) is 14.7. The maximum atomic E-state index is 3.74. The molecule has 2 fully saturated rings. The molecule has 106 valence electrons. The van der Waals surface area contributed by atoms with Crippen molar-refractivity contribution in [1.29, 1.82) is 0 Å². The van der Waals surface area contributed by atoms with Crippen LogP contribution in [0.4, 0.5) is 0 Å². The lowest BCUT2D eigenvalue weighted by atomic mass is 9.70. The lowest BCUT2D eigenvalue weighted by Gasteiger charge is -2.37. The monoisotopic (exact) mass is 269 g/mol. The van der Waals surface area contributed by atoms with Gasteiger partial charge in [-0.1, -0.05) is 20.8 Å². The zero-order valence-corrected chi connectivity index (χ0v) is 13.3. The molecule has 1 saturated carbocycles. The highest BCUT2D eigenvalue weighted by molar-refractivity contribution is 7.99. The smallest absolute Gasteiger partial charge is 0.00122 e. The van der Waals surface area contributed by atoms with Gasteiger partial charge in [0.05, 0.1) is 0 Å².